The Labute approximate surface area is 204 Å². The maximum atomic E-state index is 11.4. The Bertz CT molecular complexity index is 974. The van der Waals surface area contributed by atoms with Gasteiger partial charge in [-0.2, -0.15) is 0 Å². The fourth-order valence-electron chi connectivity index (χ4n) is 4.47. The number of allylic oxidation sites excluding steroid dienone is 1. The molecule has 0 spiro atoms. The molecular formula is C29H42O5. The van der Waals surface area contributed by atoms with Crippen LogP contribution in [-0.4, -0.2) is 24.6 Å². The van der Waals surface area contributed by atoms with Crippen molar-refractivity contribution in [2.75, 3.05) is 6.61 Å². The molecule has 1 aromatic carbocycles. The zero-order chi connectivity index (χ0) is 24.4. The molecule has 0 radical (unpaired) electrons. The molecule has 5 heteroatoms. The van der Waals surface area contributed by atoms with Crippen LogP contribution < -0.4 is 10.4 Å². The monoisotopic (exact) mass is 470 g/mol. The molecule has 1 aliphatic rings. The van der Waals surface area contributed by atoms with Crippen LogP contribution in [0.25, 0.3) is 11.0 Å². The van der Waals surface area contributed by atoms with E-state index >= 15 is 0 Å². The largest absolute Gasteiger partial charge is 0.489 e. The van der Waals surface area contributed by atoms with Gasteiger partial charge in [-0.05, 0) is 70.7 Å². The summed E-state index contributed by atoms with van der Waals surface area (Å²) >= 11 is 0. The van der Waals surface area contributed by atoms with E-state index < -0.39 is 0 Å². The second-order valence-electron chi connectivity index (χ2n) is 10.0. The first-order chi connectivity index (χ1) is 16.4. The molecule has 0 amide bonds. The minimum absolute atomic E-state index is 0.0729. The van der Waals surface area contributed by atoms with Gasteiger partial charge in [0.2, 0.25) is 0 Å². The van der Waals surface area contributed by atoms with E-state index in [2.05, 4.69) is 33.8 Å². The molecule has 2 aromatic rings. The molecule has 1 fully saturated rings. The number of hydrogen-bond acceptors (Lipinski definition) is 5. The molecule has 2 atom stereocenters. The smallest absolute Gasteiger partial charge is 0.336 e. The molecule has 34 heavy (non-hydrogen) atoms. The highest BCUT2D eigenvalue weighted by molar-refractivity contribution is 5.77. The van der Waals surface area contributed by atoms with Crippen LogP contribution in [0.2, 0.25) is 0 Å². The second-order valence-corrected chi connectivity index (χ2v) is 10.0. The Kier molecular flexibility index (Phi) is 10.2. The molecule has 0 bridgehead atoms. The Morgan fingerprint density at radius 1 is 1.03 bits per heavy atom. The van der Waals surface area contributed by atoms with Gasteiger partial charge in [0.25, 0.3) is 0 Å². The summed E-state index contributed by atoms with van der Waals surface area (Å²) in [4.78, 5) is 11.4. The third-order valence-electron chi connectivity index (χ3n) is 6.65. The van der Waals surface area contributed by atoms with E-state index in [1.807, 2.05) is 12.1 Å². The van der Waals surface area contributed by atoms with Crippen LogP contribution in [0.3, 0.4) is 0 Å². The summed E-state index contributed by atoms with van der Waals surface area (Å²) in [7, 11) is 0. The number of benzene rings is 1. The van der Waals surface area contributed by atoms with Gasteiger partial charge in [0.1, 0.15) is 17.9 Å². The number of fused-ring (bicyclic) bond motifs is 1. The summed E-state index contributed by atoms with van der Waals surface area (Å²) < 4.78 is 23.6. The van der Waals surface area contributed by atoms with Crippen molar-refractivity contribution in [1.29, 1.82) is 0 Å². The summed E-state index contributed by atoms with van der Waals surface area (Å²) in [6.45, 7) is 9.14. The maximum Gasteiger partial charge on any atom is 0.336 e. The van der Waals surface area contributed by atoms with Crippen molar-refractivity contribution >= 4 is 11.0 Å². The standard InChI is InChI=1S/C29H42O5/c1-5-6-7-8-9-10-11-12-28-33-26(29(3,4)34-28)17-13-22(2)19-20-31-24-16-14-23-15-18-27(30)32-25(23)21-24/h14-16,18-19,21,26,28H,5-13,17,20H2,1-4H3/b22-19+/t26-,28?/m1/s1. The van der Waals surface area contributed by atoms with Gasteiger partial charge < -0.3 is 18.6 Å². The lowest BCUT2D eigenvalue weighted by Crippen LogP contribution is -2.32. The second kappa shape index (κ2) is 13.1. The van der Waals surface area contributed by atoms with Gasteiger partial charge in [-0.25, -0.2) is 4.79 Å². The van der Waals surface area contributed by atoms with Gasteiger partial charge in [-0.1, -0.05) is 51.0 Å². The Morgan fingerprint density at radius 2 is 1.76 bits per heavy atom. The maximum absolute atomic E-state index is 11.4. The van der Waals surface area contributed by atoms with Crippen LogP contribution in [0.15, 0.2) is 51.2 Å². The molecule has 0 aliphatic carbocycles. The molecule has 1 unspecified atom stereocenters. The zero-order valence-corrected chi connectivity index (χ0v) is 21.4. The molecule has 188 valence electrons. The highest BCUT2D eigenvalue weighted by atomic mass is 16.7. The Morgan fingerprint density at radius 3 is 2.56 bits per heavy atom. The van der Waals surface area contributed by atoms with Crippen LogP contribution in [0.4, 0.5) is 0 Å². The van der Waals surface area contributed by atoms with Crippen molar-refractivity contribution in [3.8, 4) is 5.75 Å². The number of rotatable bonds is 14. The van der Waals surface area contributed by atoms with Crippen LogP contribution in [0.5, 0.6) is 5.75 Å². The van der Waals surface area contributed by atoms with Crippen LogP contribution in [0, 0.1) is 0 Å². The molecule has 2 heterocycles. The van der Waals surface area contributed by atoms with Crippen LogP contribution in [-0.2, 0) is 9.47 Å². The van der Waals surface area contributed by atoms with E-state index in [1.165, 1.54) is 56.6 Å². The van der Waals surface area contributed by atoms with Gasteiger partial charge >= 0.3 is 5.63 Å². The van der Waals surface area contributed by atoms with Gasteiger partial charge in [-0.15, -0.1) is 0 Å². The molecular weight excluding hydrogens is 428 g/mol. The Balaban J connectivity index is 1.37. The normalized spacial score (nSPS) is 20.2. The van der Waals surface area contributed by atoms with Crippen molar-refractivity contribution < 1.29 is 18.6 Å². The predicted octanol–water partition coefficient (Wildman–Crippen LogP) is 7.56. The van der Waals surface area contributed by atoms with Crippen molar-refractivity contribution in [3.63, 3.8) is 0 Å². The first kappa shape index (κ1) is 26.5. The van der Waals surface area contributed by atoms with Crippen molar-refractivity contribution in [1.82, 2.24) is 0 Å². The van der Waals surface area contributed by atoms with E-state index in [0.717, 1.165) is 24.6 Å². The van der Waals surface area contributed by atoms with Crippen molar-refractivity contribution in [2.45, 2.75) is 110 Å². The highest BCUT2D eigenvalue weighted by Gasteiger charge is 2.41. The summed E-state index contributed by atoms with van der Waals surface area (Å²) in [5, 5.41) is 0.880. The molecule has 1 aromatic heterocycles. The highest BCUT2D eigenvalue weighted by Crippen LogP contribution is 2.34. The summed E-state index contributed by atoms with van der Waals surface area (Å²) in [5.41, 5.74) is 1.20. The van der Waals surface area contributed by atoms with Crippen LogP contribution >= 0.6 is 0 Å². The third kappa shape index (κ3) is 8.28. The minimum atomic E-state index is -0.355. The minimum Gasteiger partial charge on any atom is -0.489 e. The number of ether oxygens (including phenoxy) is 3. The topological polar surface area (TPSA) is 57.9 Å². The van der Waals surface area contributed by atoms with E-state index in [0.29, 0.717) is 17.9 Å². The SMILES string of the molecule is CCCCCCCCCC1O[C@H](CC/C(C)=C/COc2ccc3ccc(=O)oc3c2)C(C)(C)O1. The lowest BCUT2D eigenvalue weighted by atomic mass is 9.96. The third-order valence-corrected chi connectivity index (χ3v) is 6.65. The zero-order valence-electron chi connectivity index (χ0n) is 21.4. The van der Waals surface area contributed by atoms with Gasteiger partial charge in [0.15, 0.2) is 6.29 Å². The molecule has 1 saturated heterocycles. The fraction of sp³-hybridized carbons (Fsp3) is 0.621. The number of hydrogen-bond donors (Lipinski definition) is 0. The van der Waals surface area contributed by atoms with E-state index in [1.54, 1.807) is 12.1 Å². The van der Waals surface area contributed by atoms with Crippen LogP contribution in [0.1, 0.15) is 91.9 Å². The van der Waals surface area contributed by atoms with Gasteiger partial charge in [0, 0.05) is 17.5 Å². The predicted molar refractivity (Wildman–Crippen MR) is 137 cm³/mol. The summed E-state index contributed by atoms with van der Waals surface area (Å²) in [6.07, 6.45) is 14.1. The number of unbranched alkanes of at least 4 members (excludes halogenated alkanes) is 6. The van der Waals surface area contributed by atoms with Crippen molar-refractivity contribution in [3.05, 3.63) is 52.4 Å². The van der Waals surface area contributed by atoms with E-state index in [-0.39, 0.29) is 23.6 Å². The molecule has 5 nitrogen and oxygen atoms in total. The molecule has 0 N–H and O–H groups in total. The van der Waals surface area contributed by atoms with Gasteiger partial charge in [-0.3, -0.25) is 0 Å². The van der Waals surface area contributed by atoms with E-state index in [4.69, 9.17) is 18.6 Å². The Hall–Kier alpha value is -2.11. The summed E-state index contributed by atoms with van der Waals surface area (Å²) in [6, 6.07) is 8.73. The lowest BCUT2D eigenvalue weighted by molar-refractivity contribution is -0.0858. The quantitative estimate of drug-likeness (QED) is 0.162. The lowest BCUT2D eigenvalue weighted by Gasteiger charge is -2.23. The first-order valence-corrected chi connectivity index (χ1v) is 13.0. The average molecular weight is 471 g/mol. The molecule has 1 aliphatic heterocycles. The average Bonchev–Trinajstić information content (AvgIpc) is 3.09. The summed E-state index contributed by atoms with van der Waals surface area (Å²) in [5.74, 6) is 0.688. The first-order valence-electron chi connectivity index (χ1n) is 13.0. The van der Waals surface area contributed by atoms with Crippen molar-refractivity contribution in [2.24, 2.45) is 0 Å². The van der Waals surface area contributed by atoms with E-state index in [9.17, 15) is 4.79 Å². The van der Waals surface area contributed by atoms with Gasteiger partial charge in [0.05, 0.1) is 11.7 Å². The molecule has 3 rings (SSSR count). The fourth-order valence-corrected chi connectivity index (χ4v) is 4.47. The molecule has 0 saturated carbocycles.